The lowest BCUT2D eigenvalue weighted by molar-refractivity contribution is 0.0963. The number of carbonyl (C=O) groups is 1. The molecular formula is C18H24N4OS. The van der Waals surface area contributed by atoms with E-state index in [1.807, 2.05) is 18.2 Å². The summed E-state index contributed by atoms with van der Waals surface area (Å²) in [6.45, 7) is 3.62. The van der Waals surface area contributed by atoms with Crippen LogP contribution in [0.5, 0.6) is 0 Å². The summed E-state index contributed by atoms with van der Waals surface area (Å²) < 4.78 is 0. The molecule has 0 aliphatic carbocycles. The maximum atomic E-state index is 11.7. The van der Waals surface area contributed by atoms with Crippen LogP contribution in [0.15, 0.2) is 46.8 Å². The molecule has 3 N–H and O–H groups in total. The fourth-order valence-corrected chi connectivity index (χ4v) is 3.08. The highest BCUT2D eigenvalue weighted by Gasteiger charge is 2.08. The third kappa shape index (κ3) is 5.09. The van der Waals surface area contributed by atoms with E-state index < -0.39 is 0 Å². The van der Waals surface area contributed by atoms with Crippen LogP contribution in [0.1, 0.15) is 33.6 Å². The number of nitrogens with one attached hydrogen (secondary N) is 3. The molecule has 0 aliphatic rings. The maximum absolute atomic E-state index is 11.7. The fraction of sp³-hybridized carbons (Fsp3) is 0.333. The number of amides is 1. The first-order chi connectivity index (χ1) is 11.6. The Kier molecular flexibility index (Phi) is 6.81. The number of aliphatic imine (C=N–C) groups is 1. The van der Waals surface area contributed by atoms with Crippen LogP contribution in [0.3, 0.4) is 0 Å². The molecule has 2 rings (SSSR count). The minimum Gasteiger partial charge on any atom is -0.356 e. The second kappa shape index (κ2) is 9.08. The van der Waals surface area contributed by atoms with Crippen molar-refractivity contribution in [2.24, 2.45) is 4.99 Å². The van der Waals surface area contributed by atoms with Crippen molar-refractivity contribution < 1.29 is 4.79 Å². The number of thiophene rings is 1. The molecule has 0 fully saturated rings. The summed E-state index contributed by atoms with van der Waals surface area (Å²) in [6, 6.07) is 11.8. The Morgan fingerprint density at radius 2 is 2.08 bits per heavy atom. The molecule has 0 aliphatic heterocycles. The summed E-state index contributed by atoms with van der Waals surface area (Å²) in [6.07, 6.45) is 0. The van der Waals surface area contributed by atoms with Gasteiger partial charge in [-0.2, -0.15) is 0 Å². The number of rotatable bonds is 6. The Balaban J connectivity index is 1.86. The van der Waals surface area contributed by atoms with Gasteiger partial charge in [-0.1, -0.05) is 25.1 Å². The third-order valence-corrected chi connectivity index (χ3v) is 4.81. The van der Waals surface area contributed by atoms with Gasteiger partial charge in [0, 0.05) is 43.5 Å². The average molecular weight is 344 g/mol. The Hall–Kier alpha value is -2.34. The lowest BCUT2D eigenvalue weighted by atomic mass is 10.1. The highest BCUT2D eigenvalue weighted by atomic mass is 32.1. The molecule has 24 heavy (non-hydrogen) atoms. The van der Waals surface area contributed by atoms with Crippen LogP contribution >= 0.6 is 11.3 Å². The number of nitrogens with zero attached hydrogens (tertiary/aromatic N) is 1. The molecule has 2 aromatic rings. The molecular weight excluding hydrogens is 320 g/mol. The van der Waals surface area contributed by atoms with Crippen LogP contribution in [0.25, 0.3) is 0 Å². The van der Waals surface area contributed by atoms with Crippen LogP contribution in [-0.2, 0) is 6.54 Å². The predicted molar refractivity (Wildman–Crippen MR) is 101 cm³/mol. The van der Waals surface area contributed by atoms with Gasteiger partial charge in [-0.3, -0.25) is 9.79 Å². The SMILES string of the molecule is CN=C(NCc1cccc(C(=O)NC)c1)NCC(C)c1cccs1. The van der Waals surface area contributed by atoms with Gasteiger partial charge in [0.2, 0.25) is 0 Å². The molecule has 0 bridgehead atoms. The first-order valence-corrected chi connectivity index (χ1v) is 8.81. The van der Waals surface area contributed by atoms with Crippen molar-refractivity contribution in [3.05, 3.63) is 57.8 Å². The van der Waals surface area contributed by atoms with Crippen molar-refractivity contribution in [3.8, 4) is 0 Å². The minimum atomic E-state index is -0.0795. The zero-order valence-electron chi connectivity index (χ0n) is 14.3. The topological polar surface area (TPSA) is 65.5 Å². The lowest BCUT2D eigenvalue weighted by Crippen LogP contribution is -2.38. The quantitative estimate of drug-likeness (QED) is 0.557. The van der Waals surface area contributed by atoms with E-state index in [9.17, 15) is 4.79 Å². The molecule has 1 heterocycles. The Morgan fingerprint density at radius 1 is 1.25 bits per heavy atom. The van der Waals surface area contributed by atoms with Crippen molar-refractivity contribution >= 4 is 23.2 Å². The molecule has 0 radical (unpaired) electrons. The zero-order chi connectivity index (χ0) is 17.4. The van der Waals surface area contributed by atoms with Crippen molar-refractivity contribution in [1.82, 2.24) is 16.0 Å². The van der Waals surface area contributed by atoms with Gasteiger partial charge < -0.3 is 16.0 Å². The number of carbonyl (C=O) groups excluding carboxylic acids is 1. The van der Waals surface area contributed by atoms with Crippen LogP contribution in [0, 0.1) is 0 Å². The normalized spacial score (nSPS) is 12.5. The highest BCUT2D eigenvalue weighted by Crippen LogP contribution is 2.19. The van der Waals surface area contributed by atoms with Gasteiger partial charge in [0.25, 0.3) is 5.91 Å². The largest absolute Gasteiger partial charge is 0.356 e. The summed E-state index contributed by atoms with van der Waals surface area (Å²) >= 11 is 1.77. The molecule has 0 saturated carbocycles. The van der Waals surface area contributed by atoms with E-state index in [0.717, 1.165) is 18.1 Å². The van der Waals surface area contributed by atoms with Crippen molar-refractivity contribution in [2.75, 3.05) is 20.6 Å². The molecule has 5 nitrogen and oxygen atoms in total. The molecule has 0 saturated heterocycles. The summed E-state index contributed by atoms with van der Waals surface area (Å²) in [5, 5.41) is 11.4. The highest BCUT2D eigenvalue weighted by molar-refractivity contribution is 7.10. The number of benzene rings is 1. The standard InChI is InChI=1S/C18H24N4OS/c1-13(16-8-5-9-24-16)11-21-18(20-3)22-12-14-6-4-7-15(10-14)17(23)19-2/h4-10,13H,11-12H2,1-3H3,(H,19,23)(H2,20,21,22). The molecule has 1 aromatic heterocycles. The van der Waals surface area contributed by atoms with Gasteiger partial charge in [-0.15, -0.1) is 11.3 Å². The average Bonchev–Trinajstić information content (AvgIpc) is 3.16. The number of guanidine groups is 1. The summed E-state index contributed by atoms with van der Waals surface area (Å²) in [5.41, 5.74) is 1.69. The van der Waals surface area contributed by atoms with E-state index in [2.05, 4.69) is 45.4 Å². The van der Waals surface area contributed by atoms with E-state index in [0.29, 0.717) is 18.0 Å². The van der Waals surface area contributed by atoms with E-state index in [-0.39, 0.29) is 5.91 Å². The van der Waals surface area contributed by atoms with Gasteiger partial charge in [-0.25, -0.2) is 0 Å². The van der Waals surface area contributed by atoms with Gasteiger partial charge in [0.1, 0.15) is 0 Å². The number of hydrogen-bond acceptors (Lipinski definition) is 3. The van der Waals surface area contributed by atoms with E-state index in [4.69, 9.17) is 0 Å². The van der Waals surface area contributed by atoms with Crippen LogP contribution < -0.4 is 16.0 Å². The van der Waals surface area contributed by atoms with Gasteiger partial charge >= 0.3 is 0 Å². The molecule has 1 unspecified atom stereocenters. The third-order valence-electron chi connectivity index (χ3n) is 3.70. The second-order valence-corrected chi connectivity index (χ2v) is 6.48. The molecule has 6 heteroatoms. The minimum absolute atomic E-state index is 0.0795. The Bertz CT molecular complexity index is 682. The van der Waals surface area contributed by atoms with Crippen LogP contribution in [-0.4, -0.2) is 32.5 Å². The first kappa shape index (κ1) is 18.0. The summed E-state index contributed by atoms with van der Waals surface area (Å²) in [5.74, 6) is 1.10. The van der Waals surface area contributed by atoms with Crippen molar-refractivity contribution in [3.63, 3.8) is 0 Å². The van der Waals surface area contributed by atoms with E-state index in [1.54, 1.807) is 31.5 Å². The molecule has 128 valence electrons. The predicted octanol–water partition coefficient (Wildman–Crippen LogP) is 2.58. The van der Waals surface area contributed by atoms with Crippen molar-refractivity contribution in [1.29, 1.82) is 0 Å². The van der Waals surface area contributed by atoms with Crippen LogP contribution in [0.4, 0.5) is 0 Å². The lowest BCUT2D eigenvalue weighted by Gasteiger charge is -2.15. The van der Waals surface area contributed by atoms with Gasteiger partial charge in [0.05, 0.1) is 0 Å². The maximum Gasteiger partial charge on any atom is 0.251 e. The molecule has 1 atom stereocenters. The van der Waals surface area contributed by atoms with Crippen LogP contribution in [0.2, 0.25) is 0 Å². The number of hydrogen-bond donors (Lipinski definition) is 3. The Morgan fingerprint density at radius 3 is 2.75 bits per heavy atom. The smallest absolute Gasteiger partial charge is 0.251 e. The van der Waals surface area contributed by atoms with Gasteiger partial charge in [-0.05, 0) is 29.1 Å². The summed E-state index contributed by atoms with van der Waals surface area (Å²) in [7, 11) is 3.39. The monoisotopic (exact) mass is 344 g/mol. The van der Waals surface area contributed by atoms with E-state index in [1.165, 1.54) is 4.88 Å². The van der Waals surface area contributed by atoms with Gasteiger partial charge in [0.15, 0.2) is 5.96 Å². The fourth-order valence-electron chi connectivity index (χ4n) is 2.30. The second-order valence-electron chi connectivity index (χ2n) is 5.50. The first-order valence-electron chi connectivity index (χ1n) is 7.93. The van der Waals surface area contributed by atoms with Crippen molar-refractivity contribution in [2.45, 2.75) is 19.4 Å². The Labute approximate surface area is 147 Å². The molecule has 1 amide bonds. The molecule has 1 aromatic carbocycles. The van der Waals surface area contributed by atoms with E-state index >= 15 is 0 Å². The zero-order valence-corrected chi connectivity index (χ0v) is 15.1. The molecule has 0 spiro atoms. The summed E-state index contributed by atoms with van der Waals surface area (Å²) in [4.78, 5) is 17.3.